The van der Waals surface area contributed by atoms with Crippen LogP contribution in [0.5, 0.6) is 17.2 Å². The molecule has 0 saturated heterocycles. The summed E-state index contributed by atoms with van der Waals surface area (Å²) in [5.74, 6) is 2.07. The molecule has 1 N–H and O–H groups in total. The average Bonchev–Trinajstić information content (AvgIpc) is 3.14. The molecule has 32 heavy (non-hydrogen) atoms. The van der Waals surface area contributed by atoms with Crippen molar-refractivity contribution < 1.29 is 19.0 Å². The van der Waals surface area contributed by atoms with Gasteiger partial charge in [0.05, 0.1) is 27.0 Å². The van der Waals surface area contributed by atoms with E-state index in [0.29, 0.717) is 28.6 Å². The minimum Gasteiger partial charge on any atom is -0.497 e. The van der Waals surface area contributed by atoms with E-state index in [1.165, 1.54) is 5.01 Å². The fraction of sp³-hybridized carbons (Fsp3) is 0.120. The number of rotatable bonds is 7. The van der Waals surface area contributed by atoms with Gasteiger partial charge in [0.2, 0.25) is 0 Å². The number of hydrogen-bond acceptors (Lipinski definition) is 6. The third-order valence-corrected chi connectivity index (χ3v) is 4.94. The minimum atomic E-state index is -0.269. The zero-order valence-corrected chi connectivity index (χ0v) is 18.0. The predicted octanol–water partition coefficient (Wildman–Crippen LogP) is 4.37. The summed E-state index contributed by atoms with van der Waals surface area (Å²) in [4.78, 5) is 17.9. The first kappa shape index (κ1) is 21.0. The Morgan fingerprint density at radius 2 is 1.56 bits per heavy atom. The maximum Gasteiger partial charge on any atom is 0.297 e. The van der Waals surface area contributed by atoms with Crippen molar-refractivity contribution in [3.05, 3.63) is 89.6 Å². The summed E-state index contributed by atoms with van der Waals surface area (Å²) in [6.45, 7) is 0. The maximum atomic E-state index is 13.3. The summed E-state index contributed by atoms with van der Waals surface area (Å²) in [7, 11) is 4.76. The molecule has 0 spiro atoms. The molecule has 162 valence electrons. The molecule has 0 aromatic heterocycles. The molecule has 0 radical (unpaired) electrons. The highest BCUT2D eigenvalue weighted by Crippen LogP contribution is 2.31. The number of nitrogens with one attached hydrogen (secondary N) is 1. The van der Waals surface area contributed by atoms with Crippen molar-refractivity contribution in [2.75, 3.05) is 26.8 Å². The van der Waals surface area contributed by atoms with Gasteiger partial charge in [0.25, 0.3) is 5.91 Å². The third-order valence-electron chi connectivity index (χ3n) is 4.94. The van der Waals surface area contributed by atoms with E-state index < -0.39 is 0 Å². The van der Waals surface area contributed by atoms with Gasteiger partial charge in [0.1, 0.15) is 11.4 Å². The lowest BCUT2D eigenvalue weighted by Crippen LogP contribution is -2.37. The number of carbonyl (C=O) groups is 1. The van der Waals surface area contributed by atoms with Crippen LogP contribution in [0, 0.1) is 0 Å². The van der Waals surface area contributed by atoms with E-state index in [4.69, 9.17) is 14.2 Å². The van der Waals surface area contributed by atoms with Crippen LogP contribution in [0.1, 0.15) is 11.1 Å². The topological polar surface area (TPSA) is 72.4 Å². The number of anilines is 1. The lowest BCUT2D eigenvalue weighted by Gasteiger charge is -2.21. The molecule has 0 aliphatic carbocycles. The fourth-order valence-corrected chi connectivity index (χ4v) is 3.29. The number of carbonyl (C=O) groups excluding carboxylic acids is 1. The van der Waals surface area contributed by atoms with Gasteiger partial charge in [-0.1, -0.05) is 30.3 Å². The number of para-hydroxylation sites is 1. The molecule has 7 heteroatoms. The molecule has 7 nitrogen and oxygen atoms in total. The van der Waals surface area contributed by atoms with Crippen LogP contribution >= 0.6 is 0 Å². The number of aliphatic imine (C=N–C) groups is 1. The number of methoxy groups -OCH3 is 3. The standard InChI is InChI=1S/C25H23N3O4/c1-30-20-12-9-17(10-13-20)15-21-25(29)28(27-19-7-5-4-6-8-19)24(26-21)18-11-14-22(31-2)23(16-18)32-3/h4-16,27H,1-3H3. The first-order chi connectivity index (χ1) is 15.6. The summed E-state index contributed by atoms with van der Waals surface area (Å²) >= 11 is 0. The van der Waals surface area contributed by atoms with Crippen molar-refractivity contribution in [3.63, 3.8) is 0 Å². The second-order valence-corrected chi connectivity index (χ2v) is 6.93. The van der Waals surface area contributed by atoms with Crippen LogP contribution in [-0.4, -0.2) is 38.1 Å². The number of amides is 1. The van der Waals surface area contributed by atoms with Crippen molar-refractivity contribution in [3.8, 4) is 17.2 Å². The highest BCUT2D eigenvalue weighted by molar-refractivity contribution is 6.20. The monoisotopic (exact) mass is 429 g/mol. The normalized spacial score (nSPS) is 14.3. The van der Waals surface area contributed by atoms with Crippen LogP contribution in [-0.2, 0) is 4.79 Å². The van der Waals surface area contributed by atoms with Crippen LogP contribution in [0.15, 0.2) is 83.5 Å². The molecular formula is C25H23N3O4. The van der Waals surface area contributed by atoms with Gasteiger partial charge < -0.3 is 14.2 Å². The van der Waals surface area contributed by atoms with Crippen molar-refractivity contribution >= 4 is 23.5 Å². The zero-order chi connectivity index (χ0) is 22.5. The molecule has 0 atom stereocenters. The number of amidine groups is 1. The molecular weight excluding hydrogens is 406 g/mol. The molecule has 1 amide bonds. The lowest BCUT2D eigenvalue weighted by molar-refractivity contribution is -0.121. The minimum absolute atomic E-state index is 0.269. The summed E-state index contributed by atoms with van der Waals surface area (Å²) in [5.41, 5.74) is 5.78. The van der Waals surface area contributed by atoms with Gasteiger partial charge in [0.15, 0.2) is 17.3 Å². The van der Waals surface area contributed by atoms with E-state index in [2.05, 4.69) is 10.4 Å². The Labute approximate surface area is 186 Å². The van der Waals surface area contributed by atoms with Gasteiger partial charge in [-0.05, 0) is 54.1 Å². The third kappa shape index (κ3) is 4.27. The molecule has 0 saturated carbocycles. The van der Waals surface area contributed by atoms with Gasteiger partial charge in [-0.25, -0.2) is 4.99 Å². The Bertz CT molecular complexity index is 1170. The largest absolute Gasteiger partial charge is 0.497 e. The van der Waals surface area contributed by atoms with Crippen molar-refractivity contribution in [1.29, 1.82) is 0 Å². The predicted molar refractivity (Wildman–Crippen MR) is 124 cm³/mol. The maximum absolute atomic E-state index is 13.3. The van der Waals surface area contributed by atoms with Crippen LogP contribution in [0.4, 0.5) is 5.69 Å². The molecule has 1 aliphatic rings. The van der Waals surface area contributed by atoms with Gasteiger partial charge >= 0.3 is 0 Å². The van der Waals surface area contributed by atoms with Crippen LogP contribution in [0.25, 0.3) is 6.08 Å². The van der Waals surface area contributed by atoms with E-state index in [-0.39, 0.29) is 5.91 Å². The lowest BCUT2D eigenvalue weighted by atomic mass is 10.2. The Morgan fingerprint density at radius 1 is 0.844 bits per heavy atom. The molecule has 0 unspecified atom stereocenters. The Morgan fingerprint density at radius 3 is 2.22 bits per heavy atom. The summed E-state index contributed by atoms with van der Waals surface area (Å²) < 4.78 is 16.0. The first-order valence-electron chi connectivity index (χ1n) is 9.96. The summed E-state index contributed by atoms with van der Waals surface area (Å²) in [5, 5.41) is 1.44. The smallest absolute Gasteiger partial charge is 0.297 e. The Hall–Kier alpha value is -4.26. The molecule has 3 aromatic carbocycles. The zero-order valence-electron chi connectivity index (χ0n) is 18.0. The van der Waals surface area contributed by atoms with Crippen molar-refractivity contribution in [1.82, 2.24) is 5.01 Å². The van der Waals surface area contributed by atoms with Gasteiger partial charge in [-0.15, -0.1) is 0 Å². The molecule has 0 fully saturated rings. The number of hydrogen-bond donors (Lipinski definition) is 1. The molecule has 4 rings (SSSR count). The molecule has 1 aliphatic heterocycles. The highest BCUT2D eigenvalue weighted by atomic mass is 16.5. The van der Waals surface area contributed by atoms with Crippen molar-refractivity contribution in [2.45, 2.75) is 0 Å². The highest BCUT2D eigenvalue weighted by Gasteiger charge is 2.32. The van der Waals surface area contributed by atoms with E-state index in [1.54, 1.807) is 39.5 Å². The van der Waals surface area contributed by atoms with E-state index in [9.17, 15) is 4.79 Å². The number of ether oxygens (including phenoxy) is 3. The quantitative estimate of drug-likeness (QED) is 0.565. The van der Waals surface area contributed by atoms with Gasteiger partial charge in [0, 0.05) is 5.56 Å². The van der Waals surface area contributed by atoms with Crippen LogP contribution in [0.2, 0.25) is 0 Å². The number of hydrazine groups is 1. The molecule has 0 bridgehead atoms. The summed E-state index contributed by atoms with van der Waals surface area (Å²) in [6, 6.07) is 22.3. The Kier molecular flexibility index (Phi) is 6.07. The second-order valence-electron chi connectivity index (χ2n) is 6.93. The summed E-state index contributed by atoms with van der Waals surface area (Å²) in [6.07, 6.45) is 1.75. The van der Waals surface area contributed by atoms with Gasteiger partial charge in [-0.2, -0.15) is 5.01 Å². The van der Waals surface area contributed by atoms with Gasteiger partial charge in [-0.3, -0.25) is 10.2 Å². The van der Waals surface area contributed by atoms with Crippen LogP contribution in [0.3, 0.4) is 0 Å². The first-order valence-corrected chi connectivity index (χ1v) is 9.96. The Balaban J connectivity index is 1.75. The van der Waals surface area contributed by atoms with Crippen molar-refractivity contribution in [2.24, 2.45) is 4.99 Å². The molecule has 1 heterocycles. The number of benzene rings is 3. The molecule has 3 aromatic rings. The number of nitrogens with zero attached hydrogens (tertiary/aromatic N) is 2. The fourth-order valence-electron chi connectivity index (χ4n) is 3.29. The van der Waals surface area contributed by atoms with E-state index in [1.807, 2.05) is 60.7 Å². The van der Waals surface area contributed by atoms with Crippen LogP contribution < -0.4 is 19.6 Å². The van der Waals surface area contributed by atoms with E-state index >= 15 is 0 Å². The average molecular weight is 429 g/mol. The second kappa shape index (κ2) is 9.26. The van der Waals surface area contributed by atoms with E-state index in [0.717, 1.165) is 17.0 Å². The SMILES string of the molecule is COc1ccc(C=C2N=C(c3ccc(OC)c(OC)c3)N(Nc3ccccc3)C2=O)cc1.